The fourth-order valence-electron chi connectivity index (χ4n) is 3.40. The summed E-state index contributed by atoms with van der Waals surface area (Å²) in [6, 6.07) is 20.5. The van der Waals surface area contributed by atoms with E-state index in [0.29, 0.717) is 29.5 Å². The molecule has 0 radical (unpaired) electrons. The molecule has 160 valence electrons. The molecule has 0 fully saturated rings. The summed E-state index contributed by atoms with van der Waals surface area (Å²) in [6.45, 7) is -0.135. The minimum Gasteiger partial charge on any atom is -0.484 e. The summed E-state index contributed by atoms with van der Waals surface area (Å²) >= 11 is 1.37. The zero-order valence-corrected chi connectivity index (χ0v) is 17.8. The molecule has 32 heavy (non-hydrogen) atoms. The van der Waals surface area contributed by atoms with E-state index >= 15 is 0 Å². The predicted molar refractivity (Wildman–Crippen MR) is 124 cm³/mol. The number of aryl methyl sites for hydroxylation is 1. The first kappa shape index (κ1) is 20.0. The van der Waals surface area contributed by atoms with E-state index in [-0.39, 0.29) is 18.4 Å². The molecule has 2 N–H and O–H groups in total. The number of nitrogens with zero attached hydrogens (tertiary/aromatic N) is 1. The molecular formula is C24H19N3O4S. The van der Waals surface area contributed by atoms with Crippen molar-refractivity contribution < 1.29 is 19.1 Å². The molecule has 2 amide bonds. The Hall–Kier alpha value is -3.91. The number of thiazole rings is 1. The summed E-state index contributed by atoms with van der Waals surface area (Å²) in [4.78, 5) is 28.3. The number of carbonyl (C=O) groups excluding carboxylic acids is 2. The van der Waals surface area contributed by atoms with Gasteiger partial charge < -0.3 is 14.8 Å². The number of hydrogen-bond acceptors (Lipinski definition) is 6. The quantitative estimate of drug-likeness (QED) is 0.436. The van der Waals surface area contributed by atoms with Crippen LogP contribution in [0.5, 0.6) is 17.2 Å². The Labute approximate surface area is 188 Å². The van der Waals surface area contributed by atoms with E-state index in [0.717, 1.165) is 27.2 Å². The van der Waals surface area contributed by atoms with Crippen molar-refractivity contribution in [3.05, 3.63) is 72.3 Å². The lowest BCUT2D eigenvalue weighted by Gasteiger charge is -2.17. The topological polar surface area (TPSA) is 89.6 Å². The summed E-state index contributed by atoms with van der Waals surface area (Å²) in [6.07, 6.45) is 1.11. The van der Waals surface area contributed by atoms with Crippen LogP contribution in [0.1, 0.15) is 12.0 Å². The molecule has 1 aliphatic rings. The maximum Gasteiger partial charge on any atom is 0.264 e. The van der Waals surface area contributed by atoms with Crippen molar-refractivity contribution in [3.63, 3.8) is 0 Å². The SMILES string of the molecule is O=C(COc1ccc2c(c1)CCC(=O)N2)Nc1nc2ccc(Oc3ccccc3)cc2s1. The molecular weight excluding hydrogens is 426 g/mol. The van der Waals surface area contributed by atoms with E-state index < -0.39 is 0 Å². The average molecular weight is 446 g/mol. The normalized spacial score (nSPS) is 12.7. The van der Waals surface area contributed by atoms with Crippen molar-refractivity contribution in [2.75, 3.05) is 17.2 Å². The molecule has 0 bridgehead atoms. The number of ether oxygens (including phenoxy) is 2. The predicted octanol–water partition coefficient (Wildman–Crippen LogP) is 4.99. The van der Waals surface area contributed by atoms with Gasteiger partial charge in [-0.2, -0.15) is 0 Å². The lowest BCUT2D eigenvalue weighted by atomic mass is 10.0. The van der Waals surface area contributed by atoms with Crippen LogP contribution < -0.4 is 20.1 Å². The highest BCUT2D eigenvalue weighted by Gasteiger charge is 2.16. The summed E-state index contributed by atoms with van der Waals surface area (Å²) in [5.74, 6) is 1.77. The fourth-order valence-corrected chi connectivity index (χ4v) is 4.31. The molecule has 0 spiro atoms. The number of para-hydroxylation sites is 1. The minimum atomic E-state index is -0.296. The maximum absolute atomic E-state index is 12.4. The van der Waals surface area contributed by atoms with E-state index in [9.17, 15) is 9.59 Å². The molecule has 3 aromatic carbocycles. The van der Waals surface area contributed by atoms with E-state index in [1.165, 1.54) is 11.3 Å². The first-order valence-electron chi connectivity index (χ1n) is 10.1. The van der Waals surface area contributed by atoms with Gasteiger partial charge in [0.1, 0.15) is 17.2 Å². The third-order valence-corrected chi connectivity index (χ3v) is 5.86. The largest absolute Gasteiger partial charge is 0.484 e. The monoisotopic (exact) mass is 445 g/mol. The molecule has 0 saturated carbocycles. The van der Waals surface area contributed by atoms with Gasteiger partial charge in [-0.25, -0.2) is 4.98 Å². The van der Waals surface area contributed by atoms with Crippen LogP contribution in [0.25, 0.3) is 10.2 Å². The highest BCUT2D eigenvalue weighted by atomic mass is 32.1. The van der Waals surface area contributed by atoms with E-state index in [1.807, 2.05) is 54.6 Å². The Morgan fingerprint density at radius 2 is 1.84 bits per heavy atom. The van der Waals surface area contributed by atoms with Crippen LogP contribution in [-0.2, 0) is 16.0 Å². The summed E-state index contributed by atoms with van der Waals surface area (Å²) < 4.78 is 12.4. The zero-order chi connectivity index (χ0) is 21.9. The molecule has 5 rings (SSSR count). The Morgan fingerprint density at radius 1 is 1.00 bits per heavy atom. The molecule has 2 heterocycles. The van der Waals surface area contributed by atoms with Crippen molar-refractivity contribution in [1.82, 2.24) is 4.98 Å². The summed E-state index contributed by atoms with van der Waals surface area (Å²) in [7, 11) is 0. The Morgan fingerprint density at radius 3 is 2.72 bits per heavy atom. The Kier molecular flexibility index (Phi) is 5.43. The lowest BCUT2D eigenvalue weighted by molar-refractivity contribution is -0.118. The third kappa shape index (κ3) is 4.55. The van der Waals surface area contributed by atoms with Crippen molar-refractivity contribution in [3.8, 4) is 17.2 Å². The number of nitrogens with one attached hydrogen (secondary N) is 2. The van der Waals surface area contributed by atoms with Gasteiger partial charge in [0.05, 0.1) is 10.2 Å². The van der Waals surface area contributed by atoms with E-state index in [4.69, 9.17) is 9.47 Å². The van der Waals surface area contributed by atoms with Crippen molar-refractivity contribution in [2.45, 2.75) is 12.8 Å². The molecule has 7 nitrogen and oxygen atoms in total. The Balaban J connectivity index is 1.20. The highest BCUT2D eigenvalue weighted by Crippen LogP contribution is 2.31. The van der Waals surface area contributed by atoms with Gasteiger partial charge in [0, 0.05) is 18.2 Å². The molecule has 0 saturated heterocycles. The number of anilines is 2. The summed E-state index contributed by atoms with van der Waals surface area (Å²) in [5.41, 5.74) is 2.58. The second kappa shape index (κ2) is 8.68. The van der Waals surface area contributed by atoms with Gasteiger partial charge in [-0.1, -0.05) is 29.5 Å². The maximum atomic E-state index is 12.4. The van der Waals surface area contributed by atoms with Crippen LogP contribution in [0, 0.1) is 0 Å². The molecule has 1 aromatic heterocycles. The van der Waals surface area contributed by atoms with Crippen LogP contribution >= 0.6 is 11.3 Å². The molecule has 4 aromatic rings. The molecule has 0 unspecified atom stereocenters. The number of aromatic nitrogens is 1. The molecule has 0 aliphatic carbocycles. The van der Waals surface area contributed by atoms with Crippen LogP contribution in [0.2, 0.25) is 0 Å². The number of carbonyl (C=O) groups is 2. The number of amides is 2. The van der Waals surface area contributed by atoms with Crippen molar-refractivity contribution in [1.29, 1.82) is 0 Å². The van der Waals surface area contributed by atoms with E-state index in [1.54, 1.807) is 12.1 Å². The van der Waals surface area contributed by atoms with Gasteiger partial charge in [0.15, 0.2) is 11.7 Å². The van der Waals surface area contributed by atoms with Crippen LogP contribution in [0.15, 0.2) is 66.7 Å². The standard InChI is InChI=1S/C24H19N3O4S/c28-22-11-6-15-12-17(7-9-19(15)25-22)30-14-23(29)27-24-26-20-10-8-18(13-21(20)32-24)31-16-4-2-1-3-5-16/h1-5,7-10,12-13H,6,11,14H2,(H,25,28)(H,26,27,29). The van der Waals surface area contributed by atoms with Crippen LogP contribution in [-0.4, -0.2) is 23.4 Å². The number of fused-ring (bicyclic) bond motifs is 2. The van der Waals surface area contributed by atoms with Crippen molar-refractivity contribution >= 4 is 44.2 Å². The lowest BCUT2D eigenvalue weighted by Crippen LogP contribution is -2.21. The van der Waals surface area contributed by atoms with Gasteiger partial charge in [-0.15, -0.1) is 0 Å². The zero-order valence-electron chi connectivity index (χ0n) is 17.0. The molecule has 0 atom stereocenters. The Bertz CT molecular complexity index is 1300. The molecule has 1 aliphatic heterocycles. The van der Waals surface area contributed by atoms with Crippen molar-refractivity contribution in [2.24, 2.45) is 0 Å². The molecule has 8 heteroatoms. The number of hydrogen-bond donors (Lipinski definition) is 2. The smallest absolute Gasteiger partial charge is 0.264 e. The van der Waals surface area contributed by atoms with Gasteiger partial charge >= 0.3 is 0 Å². The average Bonchev–Trinajstić information content (AvgIpc) is 3.19. The highest BCUT2D eigenvalue weighted by molar-refractivity contribution is 7.22. The van der Waals surface area contributed by atoms with Crippen LogP contribution in [0.3, 0.4) is 0 Å². The second-order valence-electron chi connectivity index (χ2n) is 7.27. The summed E-state index contributed by atoms with van der Waals surface area (Å²) in [5, 5.41) is 6.11. The number of benzene rings is 3. The van der Waals surface area contributed by atoms with E-state index in [2.05, 4.69) is 15.6 Å². The van der Waals surface area contributed by atoms with Gasteiger partial charge in [0.2, 0.25) is 5.91 Å². The van der Waals surface area contributed by atoms with Gasteiger partial charge in [-0.05, 0) is 54.4 Å². The van der Waals surface area contributed by atoms with Crippen LogP contribution in [0.4, 0.5) is 10.8 Å². The first-order chi connectivity index (χ1) is 15.6. The minimum absolute atomic E-state index is 0.0140. The third-order valence-electron chi connectivity index (χ3n) is 4.93. The fraction of sp³-hybridized carbons (Fsp3) is 0.125. The number of rotatable bonds is 6. The van der Waals surface area contributed by atoms with Gasteiger partial charge in [-0.3, -0.25) is 14.9 Å². The second-order valence-corrected chi connectivity index (χ2v) is 8.30. The first-order valence-corrected chi connectivity index (χ1v) is 10.9. The van der Waals surface area contributed by atoms with Gasteiger partial charge in [0.25, 0.3) is 5.91 Å².